The van der Waals surface area contributed by atoms with E-state index >= 15 is 0 Å². The zero-order chi connectivity index (χ0) is 24.3. The highest BCUT2D eigenvalue weighted by Gasteiger charge is 2.47. The number of halogens is 2. The predicted octanol–water partition coefficient (Wildman–Crippen LogP) is 2.59. The van der Waals surface area contributed by atoms with Crippen molar-refractivity contribution in [2.45, 2.75) is 42.7 Å². The minimum Gasteiger partial charge on any atom is -0.375 e. The van der Waals surface area contributed by atoms with Crippen LogP contribution in [-0.4, -0.2) is 59.7 Å². The Kier molecular flexibility index (Phi) is 5.55. The average Bonchev–Trinajstić information content (AvgIpc) is 3.23. The lowest BCUT2D eigenvalue weighted by atomic mass is 10.1. The SMILES string of the molecule is C[C@H]1CN(c2cc(S(=O)(=O)NC3(C#N)CC3)cc3c(-c4nnc(C(F)F)s4)nn(C)c23)CCO1. The molecule has 10 nitrogen and oxygen atoms in total. The fourth-order valence-corrected chi connectivity index (χ4v) is 6.18. The third kappa shape index (κ3) is 4.02. The predicted molar refractivity (Wildman–Crippen MR) is 120 cm³/mol. The summed E-state index contributed by atoms with van der Waals surface area (Å²) >= 11 is 0.711. The fraction of sp³-hybridized carbons (Fsp3) is 0.500. The largest absolute Gasteiger partial charge is 0.375 e. The molecule has 0 amide bonds. The summed E-state index contributed by atoms with van der Waals surface area (Å²) in [6.45, 7) is 3.46. The molecule has 0 spiro atoms. The van der Waals surface area contributed by atoms with Crippen molar-refractivity contribution in [2.24, 2.45) is 7.05 Å². The molecule has 14 heteroatoms. The first-order valence-corrected chi connectivity index (χ1v) is 12.9. The number of sulfonamides is 1. The van der Waals surface area contributed by atoms with Gasteiger partial charge in [-0.2, -0.15) is 15.1 Å². The normalized spacial score (nSPS) is 20.1. The molecule has 1 aliphatic carbocycles. The van der Waals surface area contributed by atoms with Crippen LogP contribution in [0.4, 0.5) is 14.5 Å². The number of fused-ring (bicyclic) bond motifs is 1. The van der Waals surface area contributed by atoms with Gasteiger partial charge < -0.3 is 9.64 Å². The Hall–Kier alpha value is -2.73. The lowest BCUT2D eigenvalue weighted by Gasteiger charge is -2.33. The molecule has 3 aromatic rings. The topological polar surface area (TPSA) is 126 Å². The Morgan fingerprint density at radius 1 is 1.35 bits per heavy atom. The molecule has 5 rings (SSSR count). The first-order chi connectivity index (χ1) is 16.1. The van der Waals surface area contributed by atoms with Crippen LogP contribution in [0.1, 0.15) is 31.2 Å². The molecule has 180 valence electrons. The summed E-state index contributed by atoms with van der Waals surface area (Å²) in [5, 5.41) is 21.5. The van der Waals surface area contributed by atoms with E-state index in [9.17, 15) is 22.5 Å². The molecular formula is C20H21F2N7O3S2. The third-order valence-electron chi connectivity index (χ3n) is 5.91. The van der Waals surface area contributed by atoms with Gasteiger partial charge in [0.2, 0.25) is 10.0 Å². The number of nitrogens with one attached hydrogen (secondary N) is 1. The number of aromatic nitrogens is 4. The molecular weight excluding hydrogens is 488 g/mol. The molecule has 1 saturated carbocycles. The number of anilines is 1. The van der Waals surface area contributed by atoms with Crippen molar-refractivity contribution in [3.8, 4) is 16.8 Å². The molecule has 2 aromatic heterocycles. The second-order valence-electron chi connectivity index (χ2n) is 8.48. The van der Waals surface area contributed by atoms with Gasteiger partial charge >= 0.3 is 0 Å². The van der Waals surface area contributed by atoms with Crippen LogP contribution in [0.25, 0.3) is 21.6 Å². The number of benzene rings is 1. The molecule has 1 aromatic carbocycles. The minimum absolute atomic E-state index is 0.0384. The smallest absolute Gasteiger partial charge is 0.291 e. The molecule has 34 heavy (non-hydrogen) atoms. The molecule has 0 radical (unpaired) electrons. The van der Waals surface area contributed by atoms with Crippen molar-refractivity contribution in [3.05, 3.63) is 17.1 Å². The van der Waals surface area contributed by atoms with Crippen LogP contribution < -0.4 is 9.62 Å². The number of nitriles is 1. The van der Waals surface area contributed by atoms with Gasteiger partial charge in [0, 0.05) is 25.5 Å². The van der Waals surface area contributed by atoms with Gasteiger partial charge in [0.25, 0.3) is 6.43 Å². The van der Waals surface area contributed by atoms with E-state index in [-0.39, 0.29) is 21.7 Å². The summed E-state index contributed by atoms with van der Waals surface area (Å²) in [6, 6.07) is 5.04. The Balaban J connectivity index is 1.70. The summed E-state index contributed by atoms with van der Waals surface area (Å²) in [6.07, 6.45) is -1.96. The van der Waals surface area contributed by atoms with E-state index in [1.807, 2.05) is 17.9 Å². The average molecular weight is 510 g/mol. The highest BCUT2D eigenvalue weighted by molar-refractivity contribution is 7.89. The lowest BCUT2D eigenvalue weighted by Crippen LogP contribution is -2.41. The monoisotopic (exact) mass is 509 g/mol. The summed E-state index contributed by atoms with van der Waals surface area (Å²) < 4.78 is 62.6. The molecule has 1 saturated heterocycles. The molecule has 1 aliphatic heterocycles. The second-order valence-corrected chi connectivity index (χ2v) is 11.2. The summed E-state index contributed by atoms with van der Waals surface area (Å²) in [7, 11) is -2.35. The maximum absolute atomic E-state index is 13.3. The van der Waals surface area contributed by atoms with E-state index in [1.165, 1.54) is 6.07 Å². The van der Waals surface area contributed by atoms with Gasteiger partial charge in [-0.25, -0.2) is 17.2 Å². The number of ether oxygens (including phenoxy) is 1. The molecule has 2 fully saturated rings. The molecule has 1 N–H and O–H groups in total. The van der Waals surface area contributed by atoms with E-state index in [2.05, 4.69) is 20.0 Å². The van der Waals surface area contributed by atoms with E-state index in [0.717, 1.165) is 0 Å². The van der Waals surface area contributed by atoms with Crippen LogP contribution in [-0.2, 0) is 21.8 Å². The van der Waals surface area contributed by atoms with Gasteiger partial charge in [0.15, 0.2) is 10.0 Å². The zero-order valence-electron chi connectivity index (χ0n) is 18.3. The number of nitrogens with zero attached hydrogens (tertiary/aromatic N) is 6. The molecule has 3 heterocycles. The standard InChI is InChI=1S/C20H21F2N7O3S2/c1-11-9-29(5-6-32-11)14-8-12(34(30,31)27-20(10-23)3-4-20)7-13-15(26-28(2)16(13)14)18-24-25-19(33-18)17(21)22/h7-8,11,17,27H,3-6,9H2,1-2H3/t11-/m0/s1. The van der Waals surface area contributed by atoms with Gasteiger partial charge in [-0.1, -0.05) is 11.3 Å². The molecule has 1 atom stereocenters. The highest BCUT2D eigenvalue weighted by Crippen LogP contribution is 2.40. The first kappa shape index (κ1) is 23.0. The number of alkyl halides is 2. The Morgan fingerprint density at radius 2 is 2.12 bits per heavy atom. The number of hydrogen-bond acceptors (Lipinski definition) is 9. The quantitative estimate of drug-likeness (QED) is 0.537. The van der Waals surface area contributed by atoms with Crippen LogP contribution in [0, 0.1) is 11.3 Å². The molecule has 2 aliphatic rings. The minimum atomic E-state index is -4.05. The van der Waals surface area contributed by atoms with Crippen molar-refractivity contribution < 1.29 is 21.9 Å². The van der Waals surface area contributed by atoms with Crippen molar-refractivity contribution >= 4 is 38.0 Å². The van der Waals surface area contributed by atoms with E-state index in [1.54, 1.807) is 17.8 Å². The Bertz CT molecular complexity index is 1410. The summed E-state index contributed by atoms with van der Waals surface area (Å²) in [5.74, 6) is 0. The van der Waals surface area contributed by atoms with Crippen molar-refractivity contribution in [1.82, 2.24) is 24.7 Å². The van der Waals surface area contributed by atoms with Crippen LogP contribution in [0.5, 0.6) is 0 Å². The Morgan fingerprint density at radius 3 is 2.74 bits per heavy atom. The van der Waals surface area contributed by atoms with Gasteiger partial charge in [-0.15, -0.1) is 10.2 Å². The number of rotatable bonds is 6. The van der Waals surface area contributed by atoms with Gasteiger partial charge in [-0.3, -0.25) is 4.68 Å². The van der Waals surface area contributed by atoms with Gasteiger partial charge in [-0.05, 0) is 31.9 Å². The third-order valence-corrected chi connectivity index (χ3v) is 8.36. The summed E-state index contributed by atoms with van der Waals surface area (Å²) in [5.41, 5.74) is 0.431. The number of morpholine rings is 1. The van der Waals surface area contributed by atoms with Crippen LogP contribution in [0.15, 0.2) is 17.0 Å². The van der Waals surface area contributed by atoms with E-state index < -0.39 is 27.0 Å². The summed E-state index contributed by atoms with van der Waals surface area (Å²) in [4.78, 5) is 1.98. The highest BCUT2D eigenvalue weighted by atomic mass is 32.2. The van der Waals surface area contributed by atoms with Gasteiger partial charge in [0.1, 0.15) is 11.2 Å². The molecule has 0 bridgehead atoms. The number of hydrogen-bond donors (Lipinski definition) is 1. The van der Waals surface area contributed by atoms with E-state index in [4.69, 9.17) is 4.74 Å². The molecule has 0 unspecified atom stereocenters. The van der Waals surface area contributed by atoms with Crippen molar-refractivity contribution in [2.75, 3.05) is 24.6 Å². The van der Waals surface area contributed by atoms with Crippen LogP contribution in [0.3, 0.4) is 0 Å². The van der Waals surface area contributed by atoms with Crippen LogP contribution >= 0.6 is 11.3 Å². The van der Waals surface area contributed by atoms with Gasteiger partial charge in [0.05, 0.1) is 34.9 Å². The maximum Gasteiger partial charge on any atom is 0.291 e. The zero-order valence-corrected chi connectivity index (χ0v) is 20.0. The van der Waals surface area contributed by atoms with Crippen LogP contribution in [0.2, 0.25) is 0 Å². The second kappa shape index (κ2) is 8.19. The lowest BCUT2D eigenvalue weighted by molar-refractivity contribution is 0.0533. The van der Waals surface area contributed by atoms with Crippen molar-refractivity contribution in [1.29, 1.82) is 5.26 Å². The fourth-order valence-electron chi connectivity index (χ4n) is 4.06. The number of aryl methyl sites for hydroxylation is 1. The Labute approximate surface area is 198 Å². The van der Waals surface area contributed by atoms with E-state index in [0.29, 0.717) is 60.5 Å². The van der Waals surface area contributed by atoms with Crippen molar-refractivity contribution in [3.63, 3.8) is 0 Å². The first-order valence-electron chi connectivity index (χ1n) is 10.6. The maximum atomic E-state index is 13.3.